The van der Waals surface area contributed by atoms with Gasteiger partial charge in [-0.2, -0.15) is 0 Å². The molecular weight excluding hydrogens is 340 g/mol. The van der Waals surface area contributed by atoms with Gasteiger partial charge in [0.2, 0.25) is 11.8 Å². The van der Waals surface area contributed by atoms with E-state index in [1.54, 1.807) is 18.2 Å². The third-order valence-corrected chi connectivity index (χ3v) is 4.07. The summed E-state index contributed by atoms with van der Waals surface area (Å²) in [6.45, 7) is 3.75. The molecule has 0 saturated heterocycles. The summed E-state index contributed by atoms with van der Waals surface area (Å²) in [7, 11) is 1.51. The minimum atomic E-state index is -0.315. The first-order chi connectivity index (χ1) is 11.9. The average molecular weight is 361 g/mol. The number of carbonyl (C=O) groups is 2. The smallest absolute Gasteiger partial charge is 0.244 e. The number of halogens is 1. The number of ether oxygens (including phenoxy) is 1. The fraction of sp³-hybridized carbons (Fsp3) is 0.263. The summed E-state index contributed by atoms with van der Waals surface area (Å²) >= 11 is 5.97. The van der Waals surface area contributed by atoms with Crippen molar-refractivity contribution in [3.8, 4) is 5.75 Å². The van der Waals surface area contributed by atoms with Gasteiger partial charge in [-0.05, 0) is 36.2 Å². The molecule has 6 heteroatoms. The van der Waals surface area contributed by atoms with Gasteiger partial charge in [-0.25, -0.2) is 0 Å². The quantitative estimate of drug-likeness (QED) is 0.855. The van der Waals surface area contributed by atoms with Gasteiger partial charge in [-0.3, -0.25) is 9.59 Å². The molecule has 25 heavy (non-hydrogen) atoms. The van der Waals surface area contributed by atoms with E-state index in [1.807, 2.05) is 31.2 Å². The van der Waals surface area contributed by atoms with Gasteiger partial charge < -0.3 is 15.0 Å². The minimum absolute atomic E-state index is 0.0562. The fourth-order valence-corrected chi connectivity index (χ4v) is 2.58. The molecule has 1 N–H and O–H groups in total. The van der Waals surface area contributed by atoms with Gasteiger partial charge in [0.25, 0.3) is 0 Å². The van der Waals surface area contributed by atoms with E-state index >= 15 is 0 Å². The normalized spacial score (nSPS) is 10.2. The van der Waals surface area contributed by atoms with Crippen LogP contribution in [0.1, 0.15) is 18.1 Å². The maximum atomic E-state index is 12.4. The van der Waals surface area contributed by atoms with Crippen LogP contribution >= 0.6 is 11.6 Å². The molecule has 0 heterocycles. The highest BCUT2D eigenvalue weighted by Gasteiger charge is 2.16. The second-order valence-electron chi connectivity index (χ2n) is 5.69. The Morgan fingerprint density at radius 1 is 1.20 bits per heavy atom. The zero-order valence-corrected chi connectivity index (χ0v) is 15.3. The molecule has 0 aliphatic heterocycles. The molecule has 0 atom stereocenters. The third-order valence-electron chi connectivity index (χ3n) is 3.84. The third kappa shape index (κ3) is 5.22. The molecule has 2 rings (SSSR count). The molecule has 0 radical (unpaired) electrons. The first-order valence-electron chi connectivity index (χ1n) is 7.84. The lowest BCUT2D eigenvalue weighted by Crippen LogP contribution is -2.36. The Balaban J connectivity index is 2.09. The summed E-state index contributed by atoms with van der Waals surface area (Å²) in [4.78, 5) is 25.8. The van der Waals surface area contributed by atoms with Gasteiger partial charge in [0, 0.05) is 18.5 Å². The van der Waals surface area contributed by atoms with Crippen LogP contribution in [0.4, 0.5) is 5.69 Å². The molecule has 0 aliphatic carbocycles. The Morgan fingerprint density at radius 3 is 2.56 bits per heavy atom. The van der Waals surface area contributed by atoms with Gasteiger partial charge in [0.15, 0.2) is 0 Å². The van der Waals surface area contributed by atoms with E-state index in [-0.39, 0.29) is 18.4 Å². The molecule has 0 spiro atoms. The van der Waals surface area contributed by atoms with Crippen molar-refractivity contribution < 1.29 is 14.3 Å². The SMILES string of the molecule is COc1ccc(Cl)cc1NC(=O)CN(Cc1ccccc1C)C(C)=O. The zero-order valence-electron chi connectivity index (χ0n) is 14.5. The number of amides is 2. The highest BCUT2D eigenvalue weighted by molar-refractivity contribution is 6.31. The molecule has 132 valence electrons. The second-order valence-corrected chi connectivity index (χ2v) is 6.13. The molecule has 0 fully saturated rings. The van der Waals surface area contributed by atoms with E-state index < -0.39 is 0 Å². The topological polar surface area (TPSA) is 58.6 Å². The fourth-order valence-electron chi connectivity index (χ4n) is 2.41. The number of anilines is 1. The van der Waals surface area contributed by atoms with Gasteiger partial charge in [-0.1, -0.05) is 35.9 Å². The lowest BCUT2D eigenvalue weighted by molar-refractivity contribution is -0.133. The van der Waals surface area contributed by atoms with Crippen LogP contribution in [0.15, 0.2) is 42.5 Å². The number of aryl methyl sites for hydroxylation is 1. The lowest BCUT2D eigenvalue weighted by Gasteiger charge is -2.22. The molecule has 2 aromatic carbocycles. The van der Waals surface area contributed by atoms with Crippen molar-refractivity contribution in [1.29, 1.82) is 0 Å². The Morgan fingerprint density at radius 2 is 1.92 bits per heavy atom. The number of carbonyl (C=O) groups excluding carboxylic acids is 2. The number of hydrogen-bond acceptors (Lipinski definition) is 3. The summed E-state index contributed by atoms with van der Waals surface area (Å²) in [6.07, 6.45) is 0. The summed E-state index contributed by atoms with van der Waals surface area (Å²) < 4.78 is 5.21. The van der Waals surface area contributed by atoms with Crippen molar-refractivity contribution >= 4 is 29.1 Å². The maximum absolute atomic E-state index is 12.4. The zero-order chi connectivity index (χ0) is 18.4. The van der Waals surface area contributed by atoms with Crippen LogP contribution in [0.5, 0.6) is 5.75 Å². The summed E-state index contributed by atoms with van der Waals surface area (Å²) in [5.41, 5.74) is 2.55. The van der Waals surface area contributed by atoms with Crippen molar-refractivity contribution in [2.75, 3.05) is 19.0 Å². The van der Waals surface area contributed by atoms with Crippen LogP contribution in [0.3, 0.4) is 0 Å². The van der Waals surface area contributed by atoms with Crippen LogP contribution in [0.2, 0.25) is 5.02 Å². The monoisotopic (exact) mass is 360 g/mol. The number of hydrogen-bond donors (Lipinski definition) is 1. The van der Waals surface area contributed by atoms with E-state index in [4.69, 9.17) is 16.3 Å². The second kappa shape index (κ2) is 8.53. The highest BCUT2D eigenvalue weighted by atomic mass is 35.5. The summed E-state index contributed by atoms with van der Waals surface area (Å²) in [6, 6.07) is 12.7. The first kappa shape index (κ1) is 18.8. The van der Waals surface area contributed by atoms with E-state index in [1.165, 1.54) is 18.9 Å². The predicted molar refractivity (Wildman–Crippen MR) is 98.9 cm³/mol. The van der Waals surface area contributed by atoms with E-state index in [9.17, 15) is 9.59 Å². The van der Waals surface area contributed by atoms with Crippen LogP contribution in [0, 0.1) is 6.92 Å². The highest BCUT2D eigenvalue weighted by Crippen LogP contribution is 2.27. The van der Waals surface area contributed by atoms with Gasteiger partial charge in [0.1, 0.15) is 12.3 Å². The minimum Gasteiger partial charge on any atom is -0.495 e. The van der Waals surface area contributed by atoms with Crippen LogP contribution in [0.25, 0.3) is 0 Å². The lowest BCUT2D eigenvalue weighted by atomic mass is 10.1. The number of benzene rings is 2. The molecule has 0 saturated carbocycles. The van der Waals surface area contributed by atoms with Crippen molar-refractivity contribution in [3.05, 3.63) is 58.6 Å². The molecular formula is C19H21ClN2O3. The number of methoxy groups -OCH3 is 1. The average Bonchev–Trinajstić information content (AvgIpc) is 2.56. The van der Waals surface area contributed by atoms with Gasteiger partial charge >= 0.3 is 0 Å². The largest absolute Gasteiger partial charge is 0.495 e. The van der Waals surface area contributed by atoms with Crippen molar-refractivity contribution in [2.45, 2.75) is 20.4 Å². The van der Waals surface area contributed by atoms with Gasteiger partial charge in [0.05, 0.1) is 12.8 Å². The Hall–Kier alpha value is -2.53. The molecule has 2 amide bonds. The Kier molecular flexibility index (Phi) is 6.42. The molecule has 0 aliphatic rings. The number of nitrogens with one attached hydrogen (secondary N) is 1. The van der Waals surface area contributed by atoms with E-state index in [0.717, 1.165) is 11.1 Å². The van der Waals surface area contributed by atoms with Gasteiger partial charge in [-0.15, -0.1) is 0 Å². The van der Waals surface area contributed by atoms with E-state index in [2.05, 4.69) is 5.32 Å². The molecule has 5 nitrogen and oxygen atoms in total. The van der Waals surface area contributed by atoms with Crippen molar-refractivity contribution in [1.82, 2.24) is 4.90 Å². The molecule has 0 bridgehead atoms. The summed E-state index contributed by atoms with van der Waals surface area (Å²) in [5, 5.41) is 3.23. The summed E-state index contributed by atoms with van der Waals surface area (Å²) in [5.74, 6) is 0.0202. The Labute approximate surface area is 152 Å². The van der Waals surface area contributed by atoms with Crippen LogP contribution in [-0.4, -0.2) is 30.4 Å². The maximum Gasteiger partial charge on any atom is 0.244 e. The molecule has 0 unspecified atom stereocenters. The standard InChI is InChI=1S/C19H21ClN2O3/c1-13-6-4-5-7-15(13)11-22(14(2)23)12-19(24)21-17-10-16(20)8-9-18(17)25-3/h4-10H,11-12H2,1-3H3,(H,21,24). The van der Waals surface area contributed by atoms with Crippen molar-refractivity contribution in [3.63, 3.8) is 0 Å². The van der Waals surface area contributed by atoms with Crippen LogP contribution in [-0.2, 0) is 16.1 Å². The number of nitrogens with zero attached hydrogens (tertiary/aromatic N) is 1. The van der Waals surface area contributed by atoms with Crippen molar-refractivity contribution in [2.24, 2.45) is 0 Å². The van der Waals surface area contributed by atoms with Crippen LogP contribution < -0.4 is 10.1 Å². The Bertz CT molecular complexity index is 777. The first-order valence-corrected chi connectivity index (χ1v) is 8.22. The molecule has 0 aromatic heterocycles. The van der Waals surface area contributed by atoms with E-state index in [0.29, 0.717) is 23.0 Å². The molecule has 2 aromatic rings. The number of rotatable bonds is 6. The predicted octanol–water partition coefficient (Wildman–Crippen LogP) is 3.64.